The number of nitrogens with one attached hydrogen (secondary N) is 1. The van der Waals surface area contributed by atoms with E-state index in [0.717, 1.165) is 58.5 Å². The van der Waals surface area contributed by atoms with Crippen molar-refractivity contribution in [3.05, 3.63) is 66.0 Å². The molecule has 1 N–H and O–H groups in total. The summed E-state index contributed by atoms with van der Waals surface area (Å²) in [6, 6.07) is 14.6. The van der Waals surface area contributed by atoms with E-state index in [1.54, 1.807) is 6.20 Å². The summed E-state index contributed by atoms with van der Waals surface area (Å²) >= 11 is 0. The molecule has 0 aliphatic carbocycles. The fourth-order valence-corrected chi connectivity index (χ4v) is 3.33. The molecule has 5 heteroatoms. The maximum atomic E-state index is 12.4. The van der Waals surface area contributed by atoms with Crippen molar-refractivity contribution < 1.29 is 4.79 Å². The summed E-state index contributed by atoms with van der Waals surface area (Å²) in [7, 11) is 0. The molecule has 0 saturated carbocycles. The SMILES string of the molecule is O=C(NCCCc1ccccc1)N1CCCN(Cc2cccnc2)CC1. The number of nitrogens with zero attached hydrogens (tertiary/aromatic N) is 3. The minimum absolute atomic E-state index is 0.0706. The topological polar surface area (TPSA) is 48.5 Å². The van der Waals surface area contributed by atoms with Crippen LogP contribution in [0.5, 0.6) is 0 Å². The number of rotatable bonds is 6. The molecule has 0 spiro atoms. The first-order valence-electron chi connectivity index (χ1n) is 9.49. The van der Waals surface area contributed by atoms with Crippen LogP contribution in [-0.4, -0.2) is 53.5 Å². The van der Waals surface area contributed by atoms with E-state index in [9.17, 15) is 4.79 Å². The second-order valence-electron chi connectivity index (χ2n) is 6.80. The van der Waals surface area contributed by atoms with E-state index in [4.69, 9.17) is 0 Å². The Morgan fingerprint density at radius 1 is 1.00 bits per heavy atom. The van der Waals surface area contributed by atoms with E-state index in [2.05, 4.69) is 45.5 Å². The average molecular weight is 352 g/mol. The summed E-state index contributed by atoms with van der Waals surface area (Å²) in [5, 5.41) is 3.07. The van der Waals surface area contributed by atoms with Crippen LogP contribution in [0.25, 0.3) is 0 Å². The molecule has 3 rings (SSSR count). The van der Waals surface area contributed by atoms with Crippen molar-refractivity contribution in [2.75, 3.05) is 32.7 Å². The van der Waals surface area contributed by atoms with Gasteiger partial charge in [-0.25, -0.2) is 4.79 Å². The van der Waals surface area contributed by atoms with Gasteiger partial charge in [-0.2, -0.15) is 0 Å². The van der Waals surface area contributed by atoms with Gasteiger partial charge in [-0.1, -0.05) is 36.4 Å². The number of amides is 2. The molecule has 5 nitrogen and oxygen atoms in total. The van der Waals surface area contributed by atoms with Crippen LogP contribution in [-0.2, 0) is 13.0 Å². The molecule has 1 aliphatic rings. The van der Waals surface area contributed by atoms with Gasteiger partial charge in [0.2, 0.25) is 0 Å². The molecule has 2 heterocycles. The maximum absolute atomic E-state index is 12.4. The van der Waals surface area contributed by atoms with Crippen molar-refractivity contribution in [1.82, 2.24) is 20.1 Å². The third kappa shape index (κ3) is 5.85. The lowest BCUT2D eigenvalue weighted by atomic mass is 10.1. The predicted octanol–water partition coefficient (Wildman–Crippen LogP) is 2.93. The summed E-state index contributed by atoms with van der Waals surface area (Å²) < 4.78 is 0. The van der Waals surface area contributed by atoms with Gasteiger partial charge in [-0.3, -0.25) is 9.88 Å². The first kappa shape index (κ1) is 18.4. The number of pyridine rings is 1. The Balaban J connectivity index is 1.37. The molecule has 138 valence electrons. The van der Waals surface area contributed by atoms with Crippen LogP contribution < -0.4 is 5.32 Å². The van der Waals surface area contributed by atoms with Gasteiger partial charge in [0.05, 0.1) is 0 Å². The summed E-state index contributed by atoms with van der Waals surface area (Å²) in [6.07, 6.45) is 6.70. The van der Waals surface area contributed by atoms with Gasteiger partial charge in [0.1, 0.15) is 0 Å². The number of carbonyl (C=O) groups excluding carboxylic acids is 1. The van der Waals surface area contributed by atoms with E-state index in [-0.39, 0.29) is 6.03 Å². The zero-order valence-electron chi connectivity index (χ0n) is 15.3. The zero-order valence-corrected chi connectivity index (χ0v) is 15.3. The van der Waals surface area contributed by atoms with Crippen LogP contribution in [0.15, 0.2) is 54.9 Å². The van der Waals surface area contributed by atoms with Gasteiger partial charge in [-0.15, -0.1) is 0 Å². The highest BCUT2D eigenvalue weighted by Crippen LogP contribution is 2.08. The second kappa shape index (κ2) is 9.92. The van der Waals surface area contributed by atoms with Crippen LogP contribution in [0.3, 0.4) is 0 Å². The summed E-state index contributed by atoms with van der Waals surface area (Å²) in [4.78, 5) is 20.9. The Bertz CT molecular complexity index is 662. The van der Waals surface area contributed by atoms with Gasteiger partial charge < -0.3 is 10.2 Å². The third-order valence-electron chi connectivity index (χ3n) is 4.77. The monoisotopic (exact) mass is 352 g/mol. The van der Waals surface area contributed by atoms with Gasteiger partial charge in [-0.05, 0) is 36.5 Å². The van der Waals surface area contributed by atoms with E-state index in [1.807, 2.05) is 23.2 Å². The van der Waals surface area contributed by atoms with Crippen molar-refractivity contribution in [3.63, 3.8) is 0 Å². The summed E-state index contributed by atoms with van der Waals surface area (Å²) in [5.74, 6) is 0. The smallest absolute Gasteiger partial charge is 0.317 e. The zero-order chi connectivity index (χ0) is 18.0. The molecule has 1 aromatic carbocycles. The molecule has 0 atom stereocenters. The quantitative estimate of drug-likeness (QED) is 0.813. The fourth-order valence-electron chi connectivity index (χ4n) is 3.33. The van der Waals surface area contributed by atoms with E-state index < -0.39 is 0 Å². The Labute approximate surface area is 156 Å². The lowest BCUT2D eigenvalue weighted by molar-refractivity contribution is 0.197. The highest BCUT2D eigenvalue weighted by atomic mass is 16.2. The number of carbonyl (C=O) groups is 1. The molecule has 0 bridgehead atoms. The first-order valence-corrected chi connectivity index (χ1v) is 9.49. The Morgan fingerprint density at radius 2 is 1.85 bits per heavy atom. The molecular weight excluding hydrogens is 324 g/mol. The van der Waals surface area contributed by atoms with Crippen LogP contribution in [0, 0.1) is 0 Å². The molecule has 1 saturated heterocycles. The highest BCUT2D eigenvalue weighted by molar-refractivity contribution is 5.74. The van der Waals surface area contributed by atoms with Gasteiger partial charge in [0.25, 0.3) is 0 Å². The van der Waals surface area contributed by atoms with Crippen LogP contribution >= 0.6 is 0 Å². The summed E-state index contributed by atoms with van der Waals surface area (Å²) in [5.41, 5.74) is 2.55. The molecule has 1 fully saturated rings. The Morgan fingerprint density at radius 3 is 2.65 bits per heavy atom. The number of aromatic nitrogens is 1. The molecule has 26 heavy (non-hydrogen) atoms. The first-order chi connectivity index (χ1) is 12.8. The average Bonchev–Trinajstić information content (AvgIpc) is 2.92. The van der Waals surface area contributed by atoms with Crippen molar-refractivity contribution in [1.29, 1.82) is 0 Å². The Hall–Kier alpha value is -2.40. The minimum Gasteiger partial charge on any atom is -0.338 e. The van der Waals surface area contributed by atoms with E-state index >= 15 is 0 Å². The number of benzene rings is 1. The number of hydrogen-bond acceptors (Lipinski definition) is 3. The fraction of sp³-hybridized carbons (Fsp3) is 0.429. The molecule has 1 aromatic heterocycles. The maximum Gasteiger partial charge on any atom is 0.317 e. The highest BCUT2D eigenvalue weighted by Gasteiger charge is 2.18. The largest absolute Gasteiger partial charge is 0.338 e. The van der Waals surface area contributed by atoms with E-state index in [1.165, 1.54) is 11.1 Å². The Kier molecular flexibility index (Phi) is 7.02. The summed E-state index contributed by atoms with van der Waals surface area (Å²) in [6.45, 7) is 5.17. The molecule has 1 aliphatic heterocycles. The lowest BCUT2D eigenvalue weighted by Gasteiger charge is -2.22. The van der Waals surface area contributed by atoms with Crippen molar-refractivity contribution in [2.45, 2.75) is 25.8 Å². The second-order valence-corrected chi connectivity index (χ2v) is 6.80. The van der Waals surface area contributed by atoms with Crippen molar-refractivity contribution in [3.8, 4) is 0 Å². The predicted molar refractivity (Wildman–Crippen MR) is 104 cm³/mol. The number of aryl methyl sites for hydroxylation is 1. The molecule has 0 radical (unpaired) electrons. The number of hydrogen-bond donors (Lipinski definition) is 1. The standard InChI is InChI=1S/C21H28N4O/c26-21(23-12-5-9-19-7-2-1-3-8-19)25-14-6-13-24(15-16-25)18-20-10-4-11-22-17-20/h1-4,7-8,10-11,17H,5-6,9,12-16,18H2,(H,23,26). The van der Waals surface area contributed by atoms with E-state index in [0.29, 0.717) is 0 Å². The molecule has 2 aromatic rings. The normalized spacial score (nSPS) is 15.5. The number of urea groups is 1. The van der Waals surface area contributed by atoms with Gasteiger partial charge in [0, 0.05) is 51.7 Å². The van der Waals surface area contributed by atoms with Crippen molar-refractivity contribution in [2.24, 2.45) is 0 Å². The molecular formula is C21H28N4O. The molecule has 0 unspecified atom stereocenters. The van der Waals surface area contributed by atoms with Crippen LogP contribution in [0.2, 0.25) is 0 Å². The molecule has 2 amide bonds. The van der Waals surface area contributed by atoms with Gasteiger partial charge in [0.15, 0.2) is 0 Å². The van der Waals surface area contributed by atoms with Gasteiger partial charge >= 0.3 is 6.03 Å². The van der Waals surface area contributed by atoms with Crippen molar-refractivity contribution >= 4 is 6.03 Å². The lowest BCUT2D eigenvalue weighted by Crippen LogP contribution is -2.42. The van der Waals surface area contributed by atoms with Crippen LogP contribution in [0.4, 0.5) is 4.79 Å². The van der Waals surface area contributed by atoms with Crippen LogP contribution in [0.1, 0.15) is 24.0 Å². The minimum atomic E-state index is 0.0706. The third-order valence-corrected chi connectivity index (χ3v) is 4.77.